The Kier molecular flexibility index (Phi) is 3.64. The zero-order valence-electron chi connectivity index (χ0n) is 11.2. The molecular weight excluding hydrogens is 314 g/mol. The van der Waals surface area contributed by atoms with Gasteiger partial charge in [-0.3, -0.25) is 4.79 Å². The molecule has 1 aromatic carbocycles. The van der Waals surface area contributed by atoms with E-state index in [0.717, 1.165) is 11.7 Å². The molecule has 0 saturated carbocycles. The summed E-state index contributed by atoms with van der Waals surface area (Å²) < 4.78 is 39.7. The summed E-state index contributed by atoms with van der Waals surface area (Å²) in [6.45, 7) is 0.302. The highest BCUT2D eigenvalue weighted by atomic mass is 32.2. The predicted octanol–water partition coefficient (Wildman–Crippen LogP) is 1.02. The second-order valence-electron chi connectivity index (χ2n) is 4.69. The standard InChI is InChI=1S/C12H13N3O4S2/c1-19-12(16)9-5-3-7-15(9)21(17,18)10-6-2-4-8-11(10)14-20-13-8/h2,4,6,9H,3,5,7H2,1H3/t9-/m1/s1. The van der Waals surface area contributed by atoms with Crippen LogP contribution in [0.5, 0.6) is 0 Å². The number of hydrogen-bond donors (Lipinski definition) is 0. The Bertz CT molecular complexity index is 787. The van der Waals surface area contributed by atoms with Gasteiger partial charge in [-0.15, -0.1) is 0 Å². The Hall–Kier alpha value is -1.58. The zero-order chi connectivity index (χ0) is 15.0. The van der Waals surface area contributed by atoms with Gasteiger partial charge in [-0.25, -0.2) is 8.42 Å². The molecule has 3 rings (SSSR count). The molecule has 2 heterocycles. The summed E-state index contributed by atoms with van der Waals surface area (Å²) in [7, 11) is -2.54. The fourth-order valence-electron chi connectivity index (χ4n) is 2.52. The number of ether oxygens (including phenoxy) is 1. The molecule has 9 heteroatoms. The van der Waals surface area contributed by atoms with Crippen LogP contribution >= 0.6 is 11.7 Å². The van der Waals surface area contributed by atoms with Gasteiger partial charge in [0.1, 0.15) is 22.0 Å². The summed E-state index contributed by atoms with van der Waals surface area (Å²) in [5.74, 6) is -0.528. The van der Waals surface area contributed by atoms with E-state index < -0.39 is 22.0 Å². The minimum absolute atomic E-state index is 0.0875. The van der Waals surface area contributed by atoms with Crippen molar-refractivity contribution >= 4 is 38.8 Å². The molecular formula is C12H13N3O4S2. The third-order valence-corrected chi connectivity index (χ3v) is 5.99. The summed E-state index contributed by atoms with van der Waals surface area (Å²) in [4.78, 5) is 11.8. The first kappa shape index (κ1) is 14.4. The van der Waals surface area contributed by atoms with E-state index >= 15 is 0 Å². The van der Waals surface area contributed by atoms with Crippen molar-refractivity contribution in [2.75, 3.05) is 13.7 Å². The summed E-state index contributed by atoms with van der Waals surface area (Å²) in [5, 5.41) is 0. The topological polar surface area (TPSA) is 89.5 Å². The number of aromatic nitrogens is 2. The largest absolute Gasteiger partial charge is 0.468 e. The molecule has 0 radical (unpaired) electrons. The highest BCUT2D eigenvalue weighted by molar-refractivity contribution is 7.89. The van der Waals surface area contributed by atoms with Crippen molar-refractivity contribution in [2.24, 2.45) is 0 Å². The van der Waals surface area contributed by atoms with Gasteiger partial charge in [0.15, 0.2) is 0 Å². The van der Waals surface area contributed by atoms with Crippen LogP contribution < -0.4 is 0 Å². The van der Waals surface area contributed by atoms with E-state index in [-0.39, 0.29) is 4.90 Å². The van der Waals surface area contributed by atoms with Gasteiger partial charge in [0.25, 0.3) is 0 Å². The Morgan fingerprint density at radius 1 is 1.43 bits per heavy atom. The van der Waals surface area contributed by atoms with E-state index in [2.05, 4.69) is 8.75 Å². The van der Waals surface area contributed by atoms with Crippen molar-refractivity contribution in [1.29, 1.82) is 0 Å². The van der Waals surface area contributed by atoms with Crippen LogP contribution in [0.25, 0.3) is 11.0 Å². The summed E-state index contributed by atoms with van der Waals surface area (Å²) >= 11 is 0.963. The molecule has 0 unspecified atom stereocenters. The van der Waals surface area contributed by atoms with E-state index in [1.807, 2.05) is 0 Å². The van der Waals surface area contributed by atoms with Crippen molar-refractivity contribution in [1.82, 2.24) is 13.1 Å². The molecule has 1 aliphatic rings. The van der Waals surface area contributed by atoms with Crippen LogP contribution in [0.2, 0.25) is 0 Å². The van der Waals surface area contributed by atoms with Crippen molar-refractivity contribution in [3.8, 4) is 0 Å². The average molecular weight is 327 g/mol. The lowest BCUT2D eigenvalue weighted by Gasteiger charge is -2.22. The molecule has 1 aromatic heterocycles. The van der Waals surface area contributed by atoms with Gasteiger partial charge in [-0.1, -0.05) is 6.07 Å². The van der Waals surface area contributed by atoms with Crippen LogP contribution in [0.3, 0.4) is 0 Å². The fourth-order valence-corrected chi connectivity index (χ4v) is 4.92. The van der Waals surface area contributed by atoms with Crippen molar-refractivity contribution in [3.63, 3.8) is 0 Å². The number of methoxy groups -OCH3 is 1. The van der Waals surface area contributed by atoms with Gasteiger partial charge < -0.3 is 4.74 Å². The van der Waals surface area contributed by atoms with E-state index in [4.69, 9.17) is 4.74 Å². The Morgan fingerprint density at radius 2 is 2.24 bits per heavy atom. The predicted molar refractivity (Wildman–Crippen MR) is 76.3 cm³/mol. The molecule has 21 heavy (non-hydrogen) atoms. The number of carbonyl (C=O) groups excluding carboxylic acids is 1. The average Bonchev–Trinajstić information content (AvgIpc) is 3.14. The van der Waals surface area contributed by atoms with Gasteiger partial charge in [-0.05, 0) is 25.0 Å². The molecule has 112 valence electrons. The van der Waals surface area contributed by atoms with Crippen LogP contribution in [0.4, 0.5) is 0 Å². The first-order valence-electron chi connectivity index (χ1n) is 6.36. The summed E-state index contributed by atoms with van der Waals surface area (Å²) in [6.07, 6.45) is 1.10. The van der Waals surface area contributed by atoms with Gasteiger partial charge >= 0.3 is 5.97 Å². The lowest BCUT2D eigenvalue weighted by Crippen LogP contribution is -2.41. The van der Waals surface area contributed by atoms with Crippen LogP contribution in [0.1, 0.15) is 12.8 Å². The maximum atomic E-state index is 12.8. The molecule has 0 N–H and O–H groups in total. The van der Waals surface area contributed by atoms with Gasteiger partial charge in [0.2, 0.25) is 10.0 Å². The fraction of sp³-hybridized carbons (Fsp3) is 0.417. The molecule has 0 spiro atoms. The second kappa shape index (κ2) is 5.32. The molecule has 2 aromatic rings. The number of esters is 1. The third kappa shape index (κ3) is 2.30. The smallest absolute Gasteiger partial charge is 0.324 e. The summed E-state index contributed by atoms with van der Waals surface area (Å²) in [6, 6.07) is 4.06. The third-order valence-electron chi connectivity index (χ3n) is 3.51. The minimum Gasteiger partial charge on any atom is -0.468 e. The molecule has 0 bridgehead atoms. The molecule has 1 aliphatic heterocycles. The minimum atomic E-state index is -3.80. The SMILES string of the molecule is COC(=O)[C@H]1CCCN1S(=O)(=O)c1cccc2nsnc12. The van der Waals surface area contributed by atoms with Crippen LogP contribution in [-0.2, 0) is 19.6 Å². The molecule has 0 amide bonds. The van der Waals surface area contributed by atoms with Gasteiger partial charge in [0.05, 0.1) is 18.8 Å². The first-order valence-corrected chi connectivity index (χ1v) is 8.53. The quantitative estimate of drug-likeness (QED) is 0.782. The highest BCUT2D eigenvalue weighted by Gasteiger charge is 2.41. The Labute approximate surface area is 125 Å². The van der Waals surface area contributed by atoms with E-state index in [0.29, 0.717) is 30.4 Å². The normalized spacial score (nSPS) is 20.0. The first-order chi connectivity index (χ1) is 10.1. The number of fused-ring (bicyclic) bond motifs is 1. The van der Waals surface area contributed by atoms with E-state index in [1.165, 1.54) is 17.5 Å². The van der Waals surface area contributed by atoms with Crippen molar-refractivity contribution < 1.29 is 17.9 Å². The van der Waals surface area contributed by atoms with Crippen LogP contribution in [0.15, 0.2) is 23.1 Å². The van der Waals surface area contributed by atoms with Crippen LogP contribution in [0, 0.1) is 0 Å². The molecule has 1 atom stereocenters. The lowest BCUT2D eigenvalue weighted by molar-refractivity contribution is -0.144. The van der Waals surface area contributed by atoms with Crippen LogP contribution in [-0.4, -0.2) is 47.1 Å². The maximum absolute atomic E-state index is 12.8. The number of rotatable bonds is 3. The van der Waals surface area contributed by atoms with Crippen molar-refractivity contribution in [3.05, 3.63) is 18.2 Å². The number of sulfonamides is 1. The molecule has 0 aliphatic carbocycles. The molecule has 1 saturated heterocycles. The maximum Gasteiger partial charge on any atom is 0.324 e. The van der Waals surface area contributed by atoms with Crippen molar-refractivity contribution in [2.45, 2.75) is 23.8 Å². The number of hydrogen-bond acceptors (Lipinski definition) is 7. The summed E-state index contributed by atoms with van der Waals surface area (Å²) in [5.41, 5.74) is 0.882. The molecule has 1 fully saturated rings. The zero-order valence-corrected chi connectivity index (χ0v) is 12.9. The lowest BCUT2D eigenvalue weighted by atomic mass is 10.2. The highest BCUT2D eigenvalue weighted by Crippen LogP contribution is 2.30. The second-order valence-corrected chi connectivity index (χ2v) is 7.07. The Balaban J connectivity index is 2.08. The molecule has 7 nitrogen and oxygen atoms in total. The van der Waals surface area contributed by atoms with E-state index in [9.17, 15) is 13.2 Å². The van der Waals surface area contributed by atoms with Gasteiger partial charge in [0, 0.05) is 6.54 Å². The number of nitrogens with zero attached hydrogens (tertiary/aromatic N) is 3. The number of benzene rings is 1. The van der Waals surface area contributed by atoms with Gasteiger partial charge in [-0.2, -0.15) is 13.1 Å². The Morgan fingerprint density at radius 3 is 3.00 bits per heavy atom. The monoisotopic (exact) mass is 327 g/mol. The van der Waals surface area contributed by atoms with E-state index in [1.54, 1.807) is 12.1 Å². The number of carbonyl (C=O) groups is 1.